The molecular weight excluding hydrogens is 239 g/mol. The zero-order valence-corrected chi connectivity index (χ0v) is 9.69. The normalized spacial score (nSPS) is 23.9. The molecular formula is C13H13FO4. The third kappa shape index (κ3) is 2.26. The molecule has 1 saturated heterocycles. The maximum atomic E-state index is 12.8. The molecule has 0 radical (unpaired) electrons. The summed E-state index contributed by atoms with van der Waals surface area (Å²) >= 11 is 0. The van der Waals surface area contributed by atoms with Crippen LogP contribution >= 0.6 is 0 Å². The Labute approximate surface area is 103 Å². The molecule has 1 heterocycles. The standard InChI is InChI=1S/C13H13FO4/c14-10-3-1-9(2-4-10)7-13(12(16)17)8-18-6-5-11(13)15/h1-4H,5-8H2,(H,16,17). The Morgan fingerprint density at radius 1 is 1.39 bits per heavy atom. The fourth-order valence-electron chi connectivity index (χ4n) is 2.09. The molecule has 2 rings (SSSR count). The number of carbonyl (C=O) groups excluding carboxylic acids is 1. The van der Waals surface area contributed by atoms with Crippen molar-refractivity contribution in [1.82, 2.24) is 0 Å². The molecule has 0 spiro atoms. The van der Waals surface area contributed by atoms with Crippen LogP contribution in [-0.2, 0) is 20.7 Å². The lowest BCUT2D eigenvalue weighted by Gasteiger charge is -2.31. The summed E-state index contributed by atoms with van der Waals surface area (Å²) in [5.41, 5.74) is -0.923. The number of ketones is 1. The van der Waals surface area contributed by atoms with Gasteiger partial charge in [0.15, 0.2) is 11.2 Å². The van der Waals surface area contributed by atoms with Gasteiger partial charge < -0.3 is 9.84 Å². The van der Waals surface area contributed by atoms with Gasteiger partial charge in [-0.3, -0.25) is 9.59 Å². The second-order valence-corrected chi connectivity index (χ2v) is 4.42. The molecule has 5 heteroatoms. The summed E-state index contributed by atoms with van der Waals surface area (Å²) in [5.74, 6) is -1.91. The van der Waals surface area contributed by atoms with E-state index in [0.717, 1.165) is 0 Å². The van der Waals surface area contributed by atoms with Crippen LogP contribution in [0.2, 0.25) is 0 Å². The van der Waals surface area contributed by atoms with Crippen molar-refractivity contribution in [3.05, 3.63) is 35.6 Å². The van der Waals surface area contributed by atoms with Gasteiger partial charge in [0.25, 0.3) is 0 Å². The van der Waals surface area contributed by atoms with E-state index in [1.165, 1.54) is 24.3 Å². The lowest BCUT2D eigenvalue weighted by molar-refractivity contribution is -0.164. The van der Waals surface area contributed by atoms with Gasteiger partial charge in [0.05, 0.1) is 13.2 Å². The van der Waals surface area contributed by atoms with E-state index in [1.807, 2.05) is 0 Å². The van der Waals surface area contributed by atoms with Crippen LogP contribution in [0, 0.1) is 11.2 Å². The molecule has 1 aromatic carbocycles. The van der Waals surface area contributed by atoms with Crippen LogP contribution in [0.1, 0.15) is 12.0 Å². The summed E-state index contributed by atoms with van der Waals surface area (Å²) in [4.78, 5) is 23.3. The van der Waals surface area contributed by atoms with E-state index >= 15 is 0 Å². The molecule has 1 N–H and O–H groups in total. The maximum Gasteiger partial charge on any atom is 0.319 e. The number of hydrogen-bond acceptors (Lipinski definition) is 3. The molecule has 0 aliphatic carbocycles. The Balaban J connectivity index is 2.28. The largest absolute Gasteiger partial charge is 0.480 e. The smallest absolute Gasteiger partial charge is 0.319 e. The van der Waals surface area contributed by atoms with Gasteiger partial charge in [0.1, 0.15) is 5.82 Å². The average molecular weight is 252 g/mol. The van der Waals surface area contributed by atoms with Gasteiger partial charge in [-0.05, 0) is 24.1 Å². The van der Waals surface area contributed by atoms with Crippen LogP contribution in [0.3, 0.4) is 0 Å². The molecule has 0 bridgehead atoms. The van der Waals surface area contributed by atoms with Crippen molar-refractivity contribution in [3.63, 3.8) is 0 Å². The highest BCUT2D eigenvalue weighted by Gasteiger charge is 2.47. The third-order valence-electron chi connectivity index (χ3n) is 3.18. The topological polar surface area (TPSA) is 63.6 Å². The molecule has 18 heavy (non-hydrogen) atoms. The van der Waals surface area contributed by atoms with E-state index in [1.54, 1.807) is 0 Å². The van der Waals surface area contributed by atoms with E-state index in [-0.39, 0.29) is 31.8 Å². The van der Waals surface area contributed by atoms with Crippen LogP contribution in [0.25, 0.3) is 0 Å². The number of hydrogen-bond donors (Lipinski definition) is 1. The van der Waals surface area contributed by atoms with Crippen molar-refractivity contribution in [2.75, 3.05) is 13.2 Å². The van der Waals surface area contributed by atoms with Crippen LogP contribution < -0.4 is 0 Å². The summed E-state index contributed by atoms with van der Waals surface area (Å²) in [6, 6.07) is 5.47. The second-order valence-electron chi connectivity index (χ2n) is 4.42. The first-order chi connectivity index (χ1) is 8.54. The Bertz CT molecular complexity index is 468. The quantitative estimate of drug-likeness (QED) is 0.826. The minimum Gasteiger partial charge on any atom is -0.480 e. The molecule has 0 amide bonds. The number of carbonyl (C=O) groups is 2. The van der Waals surface area contributed by atoms with Gasteiger partial charge in [-0.15, -0.1) is 0 Å². The van der Waals surface area contributed by atoms with Crippen molar-refractivity contribution in [3.8, 4) is 0 Å². The number of carboxylic acids is 1. The Kier molecular flexibility index (Phi) is 3.43. The summed E-state index contributed by atoms with van der Waals surface area (Å²) in [7, 11) is 0. The van der Waals surface area contributed by atoms with Gasteiger partial charge in [0.2, 0.25) is 0 Å². The van der Waals surface area contributed by atoms with Crippen molar-refractivity contribution in [1.29, 1.82) is 0 Å². The SMILES string of the molecule is O=C(O)C1(Cc2ccc(F)cc2)COCCC1=O. The van der Waals surface area contributed by atoms with Gasteiger partial charge >= 0.3 is 5.97 Å². The highest BCUT2D eigenvalue weighted by Crippen LogP contribution is 2.30. The Morgan fingerprint density at radius 3 is 2.61 bits per heavy atom. The van der Waals surface area contributed by atoms with Crippen LogP contribution in [0.5, 0.6) is 0 Å². The predicted octanol–water partition coefficient (Wildman–Crippen LogP) is 1.43. The van der Waals surface area contributed by atoms with Crippen molar-refractivity contribution in [2.45, 2.75) is 12.8 Å². The summed E-state index contributed by atoms with van der Waals surface area (Å²) in [5, 5.41) is 9.30. The number of ether oxygens (including phenoxy) is 1. The van der Waals surface area contributed by atoms with Crippen LogP contribution in [0.15, 0.2) is 24.3 Å². The number of Topliss-reactive ketones (excluding diaryl/α,β-unsaturated/α-hetero) is 1. The summed E-state index contributed by atoms with van der Waals surface area (Å²) in [6.07, 6.45) is 0.134. The first-order valence-electron chi connectivity index (χ1n) is 5.63. The fraction of sp³-hybridized carbons (Fsp3) is 0.385. The molecule has 1 aliphatic rings. The molecule has 1 fully saturated rings. The minimum atomic E-state index is -1.53. The Morgan fingerprint density at radius 2 is 2.06 bits per heavy atom. The highest BCUT2D eigenvalue weighted by atomic mass is 19.1. The molecule has 4 nitrogen and oxygen atoms in total. The Hall–Kier alpha value is -1.75. The molecule has 0 aromatic heterocycles. The van der Waals surface area contributed by atoms with Crippen LogP contribution in [0.4, 0.5) is 4.39 Å². The van der Waals surface area contributed by atoms with E-state index < -0.39 is 17.2 Å². The number of carboxylic acid groups (broad SMARTS) is 1. The monoisotopic (exact) mass is 252 g/mol. The molecule has 0 saturated carbocycles. The van der Waals surface area contributed by atoms with E-state index in [0.29, 0.717) is 5.56 Å². The van der Waals surface area contributed by atoms with E-state index in [2.05, 4.69) is 0 Å². The van der Waals surface area contributed by atoms with Gasteiger partial charge in [-0.2, -0.15) is 0 Å². The predicted molar refractivity (Wildman–Crippen MR) is 60.6 cm³/mol. The third-order valence-corrected chi connectivity index (χ3v) is 3.18. The molecule has 1 atom stereocenters. The average Bonchev–Trinajstić information content (AvgIpc) is 2.35. The maximum absolute atomic E-state index is 12.8. The van der Waals surface area contributed by atoms with E-state index in [9.17, 15) is 19.1 Å². The summed E-state index contributed by atoms with van der Waals surface area (Å²) in [6.45, 7) is 0.135. The number of benzene rings is 1. The lowest BCUT2D eigenvalue weighted by Crippen LogP contribution is -2.48. The number of aliphatic carboxylic acids is 1. The first kappa shape index (κ1) is 12.7. The minimum absolute atomic E-state index is 0.0292. The lowest BCUT2D eigenvalue weighted by atomic mass is 9.76. The second kappa shape index (κ2) is 4.86. The highest BCUT2D eigenvalue weighted by molar-refractivity contribution is 6.04. The molecule has 1 aromatic rings. The zero-order valence-electron chi connectivity index (χ0n) is 9.69. The van der Waals surface area contributed by atoms with Crippen molar-refractivity contribution >= 4 is 11.8 Å². The van der Waals surface area contributed by atoms with Crippen molar-refractivity contribution < 1.29 is 23.8 Å². The molecule has 1 unspecified atom stereocenters. The first-order valence-corrected chi connectivity index (χ1v) is 5.63. The van der Waals surface area contributed by atoms with Crippen LogP contribution in [-0.4, -0.2) is 30.1 Å². The van der Waals surface area contributed by atoms with E-state index in [4.69, 9.17) is 4.74 Å². The molecule has 96 valence electrons. The molecule has 1 aliphatic heterocycles. The van der Waals surface area contributed by atoms with Gasteiger partial charge in [0, 0.05) is 6.42 Å². The van der Waals surface area contributed by atoms with Gasteiger partial charge in [-0.1, -0.05) is 12.1 Å². The number of halogens is 1. The van der Waals surface area contributed by atoms with Gasteiger partial charge in [-0.25, -0.2) is 4.39 Å². The zero-order chi connectivity index (χ0) is 13.2. The fourth-order valence-corrected chi connectivity index (χ4v) is 2.09. The number of rotatable bonds is 3. The summed E-state index contributed by atoms with van der Waals surface area (Å²) < 4.78 is 17.9. The van der Waals surface area contributed by atoms with Crippen molar-refractivity contribution in [2.24, 2.45) is 5.41 Å².